The number of carbonyl (C=O) groups is 1. The van der Waals surface area contributed by atoms with Gasteiger partial charge in [-0.05, 0) is 23.3 Å². The van der Waals surface area contributed by atoms with Gasteiger partial charge in [0.15, 0.2) is 0 Å². The Morgan fingerprint density at radius 2 is 1.80 bits per heavy atom. The summed E-state index contributed by atoms with van der Waals surface area (Å²) < 4.78 is 67.3. The molecule has 2 aromatic rings. The molecule has 3 N–H and O–H groups in total. The van der Waals surface area contributed by atoms with Gasteiger partial charge in [-0.15, -0.1) is 5.10 Å². The van der Waals surface area contributed by atoms with Crippen molar-refractivity contribution in [1.82, 2.24) is 5.32 Å². The number of carbonyl (C=O) groups excluding carboxylic acids is 1. The van der Waals surface area contributed by atoms with Gasteiger partial charge in [0.1, 0.15) is 12.8 Å². The zero-order chi connectivity index (χ0) is 21.9. The quantitative estimate of drug-likeness (QED) is 0.664. The van der Waals surface area contributed by atoms with Crippen LogP contribution in [-0.2, 0) is 16.1 Å². The first-order valence-electron chi connectivity index (χ1n) is 8.69. The second kappa shape index (κ2) is 8.27. The lowest BCUT2D eigenvalue weighted by Crippen LogP contribution is -2.40. The van der Waals surface area contributed by atoms with Crippen molar-refractivity contribution in [2.75, 3.05) is 11.6 Å². The third kappa shape index (κ3) is 4.67. The topological polar surface area (TPSA) is 80.0 Å². The van der Waals surface area contributed by atoms with Crippen molar-refractivity contribution in [3.8, 4) is 0 Å². The van der Waals surface area contributed by atoms with Crippen molar-refractivity contribution >= 4 is 17.4 Å². The van der Waals surface area contributed by atoms with Crippen LogP contribution in [0, 0.1) is 0 Å². The van der Waals surface area contributed by atoms with Crippen molar-refractivity contribution in [3.63, 3.8) is 0 Å². The monoisotopic (exact) mass is 428 g/mol. The third-order valence-electron chi connectivity index (χ3n) is 4.22. The lowest BCUT2D eigenvalue weighted by molar-refractivity contribution is -0.297. The standard InChI is InChI=1S/C19H17F5N4O2/c20-18(21,19(22,23)24)11-30-10-12-5-4-8-14(9-12)28-17(13-6-2-1-3-7-13)26-16(27-28)15(25)29/h1-9,17H,10-11H2,(H2,25,29)(H,26,27). The lowest BCUT2D eigenvalue weighted by Gasteiger charge is -2.24. The fourth-order valence-corrected chi connectivity index (χ4v) is 2.74. The third-order valence-corrected chi connectivity index (χ3v) is 4.22. The van der Waals surface area contributed by atoms with Gasteiger partial charge < -0.3 is 15.8 Å². The summed E-state index contributed by atoms with van der Waals surface area (Å²) in [5.74, 6) is -5.79. The van der Waals surface area contributed by atoms with Crippen LogP contribution < -0.4 is 16.1 Å². The number of alkyl halides is 5. The highest BCUT2D eigenvalue weighted by Gasteiger charge is 2.57. The summed E-state index contributed by atoms with van der Waals surface area (Å²) in [5, 5.41) is 8.53. The molecule has 1 aliphatic heterocycles. The number of rotatable bonds is 7. The van der Waals surface area contributed by atoms with Crippen molar-refractivity contribution in [2.45, 2.75) is 24.9 Å². The van der Waals surface area contributed by atoms with E-state index in [4.69, 9.17) is 5.73 Å². The molecule has 0 saturated carbocycles. The van der Waals surface area contributed by atoms with Gasteiger partial charge in [-0.1, -0.05) is 42.5 Å². The van der Waals surface area contributed by atoms with Crippen molar-refractivity contribution in [1.29, 1.82) is 0 Å². The molecule has 0 aromatic heterocycles. The van der Waals surface area contributed by atoms with Crippen LogP contribution >= 0.6 is 0 Å². The number of amides is 1. The number of benzene rings is 2. The summed E-state index contributed by atoms with van der Waals surface area (Å²) in [7, 11) is 0. The van der Waals surface area contributed by atoms with Crippen LogP contribution in [-0.4, -0.2) is 30.4 Å². The molecule has 2 aromatic carbocycles. The first kappa shape index (κ1) is 21.5. The van der Waals surface area contributed by atoms with Crippen LogP contribution in [0.5, 0.6) is 0 Å². The van der Waals surface area contributed by atoms with E-state index in [-0.39, 0.29) is 5.84 Å². The molecular formula is C19H17F5N4O2. The molecule has 0 aliphatic carbocycles. The Kier molecular flexibility index (Phi) is 5.92. The van der Waals surface area contributed by atoms with E-state index in [1.54, 1.807) is 36.4 Å². The minimum atomic E-state index is -5.68. The molecular weight excluding hydrogens is 411 g/mol. The van der Waals surface area contributed by atoms with E-state index in [2.05, 4.69) is 15.2 Å². The van der Waals surface area contributed by atoms with Gasteiger partial charge in [0.25, 0.3) is 5.91 Å². The Balaban J connectivity index is 1.78. The highest BCUT2D eigenvalue weighted by Crippen LogP contribution is 2.36. The molecule has 3 rings (SSSR count). The largest absolute Gasteiger partial charge is 0.455 e. The maximum Gasteiger partial charge on any atom is 0.455 e. The average Bonchev–Trinajstić information content (AvgIpc) is 3.14. The van der Waals surface area contributed by atoms with Crippen molar-refractivity contribution in [3.05, 3.63) is 65.7 Å². The molecule has 11 heteroatoms. The number of nitrogens with zero attached hydrogens (tertiary/aromatic N) is 2. The van der Waals surface area contributed by atoms with E-state index in [0.29, 0.717) is 11.3 Å². The molecule has 0 radical (unpaired) electrons. The fraction of sp³-hybridized carbons (Fsp3) is 0.263. The Bertz CT molecular complexity index is 934. The molecule has 0 spiro atoms. The van der Waals surface area contributed by atoms with Gasteiger partial charge in [-0.3, -0.25) is 4.79 Å². The Hall–Kier alpha value is -3.21. The molecule has 30 heavy (non-hydrogen) atoms. The number of hydrazone groups is 1. The maximum atomic E-state index is 13.0. The van der Waals surface area contributed by atoms with E-state index >= 15 is 0 Å². The lowest BCUT2D eigenvalue weighted by atomic mass is 10.1. The van der Waals surface area contributed by atoms with Crippen LogP contribution in [0.4, 0.5) is 27.6 Å². The van der Waals surface area contributed by atoms with Gasteiger partial charge in [-0.25, -0.2) is 5.01 Å². The first-order valence-corrected chi connectivity index (χ1v) is 8.69. The normalized spacial score (nSPS) is 16.9. The minimum Gasteiger partial charge on any atom is -0.370 e. The number of hydrogen-bond acceptors (Lipinski definition) is 5. The molecule has 1 unspecified atom stereocenters. The van der Waals surface area contributed by atoms with E-state index in [0.717, 1.165) is 5.56 Å². The number of nitrogens with one attached hydrogen (secondary N) is 1. The van der Waals surface area contributed by atoms with Crippen LogP contribution in [0.2, 0.25) is 0 Å². The van der Waals surface area contributed by atoms with Crippen LogP contribution in [0.1, 0.15) is 17.3 Å². The molecule has 1 atom stereocenters. The van der Waals surface area contributed by atoms with Crippen LogP contribution in [0.15, 0.2) is 59.7 Å². The average molecular weight is 428 g/mol. The summed E-state index contributed by atoms with van der Waals surface area (Å²) in [6.45, 7) is -2.26. The second-order valence-electron chi connectivity index (χ2n) is 6.48. The minimum absolute atomic E-state index is 0.0738. The SMILES string of the molecule is NC(=O)C1=NN(c2cccc(COCC(F)(F)C(F)(F)F)c2)C(c2ccccc2)N1. The van der Waals surface area contributed by atoms with Gasteiger partial charge in [-0.2, -0.15) is 22.0 Å². The zero-order valence-corrected chi connectivity index (χ0v) is 15.4. The first-order chi connectivity index (χ1) is 14.1. The highest BCUT2D eigenvalue weighted by atomic mass is 19.4. The summed E-state index contributed by atoms with van der Waals surface area (Å²) in [6, 6.07) is 15.2. The number of ether oxygens (including phenoxy) is 1. The van der Waals surface area contributed by atoms with Gasteiger partial charge in [0.2, 0.25) is 5.84 Å². The van der Waals surface area contributed by atoms with E-state index in [9.17, 15) is 26.7 Å². The van der Waals surface area contributed by atoms with Gasteiger partial charge in [0, 0.05) is 0 Å². The van der Waals surface area contributed by atoms with Crippen molar-refractivity contribution < 1.29 is 31.5 Å². The molecule has 6 nitrogen and oxygen atoms in total. The van der Waals surface area contributed by atoms with E-state index in [1.165, 1.54) is 17.1 Å². The summed E-state index contributed by atoms with van der Waals surface area (Å²) in [6.07, 6.45) is -6.25. The van der Waals surface area contributed by atoms with Gasteiger partial charge in [0.05, 0.1) is 12.3 Å². The molecule has 1 heterocycles. The number of nitrogens with two attached hydrogens (primary N) is 1. The number of amidine groups is 1. The second-order valence-corrected chi connectivity index (χ2v) is 6.48. The highest BCUT2D eigenvalue weighted by molar-refractivity contribution is 6.38. The predicted molar refractivity (Wildman–Crippen MR) is 98.5 cm³/mol. The summed E-state index contributed by atoms with van der Waals surface area (Å²) in [5.41, 5.74) is 6.88. The van der Waals surface area contributed by atoms with Crippen LogP contribution in [0.3, 0.4) is 0 Å². The number of primary amides is 1. The van der Waals surface area contributed by atoms with Crippen LogP contribution in [0.25, 0.3) is 0 Å². The predicted octanol–water partition coefficient (Wildman–Crippen LogP) is 3.31. The molecule has 1 amide bonds. The molecule has 0 saturated heterocycles. The number of halogens is 5. The molecule has 160 valence electrons. The molecule has 0 fully saturated rings. The summed E-state index contributed by atoms with van der Waals surface area (Å²) in [4.78, 5) is 11.6. The van der Waals surface area contributed by atoms with E-state index < -0.39 is 37.4 Å². The Morgan fingerprint density at radius 3 is 2.43 bits per heavy atom. The van der Waals surface area contributed by atoms with Crippen molar-refractivity contribution in [2.24, 2.45) is 10.8 Å². The maximum absolute atomic E-state index is 13.0. The van der Waals surface area contributed by atoms with Gasteiger partial charge >= 0.3 is 12.1 Å². The number of hydrogen-bond donors (Lipinski definition) is 2. The Morgan fingerprint density at radius 1 is 1.10 bits per heavy atom. The summed E-state index contributed by atoms with van der Waals surface area (Å²) >= 11 is 0. The molecule has 1 aliphatic rings. The Labute approximate surface area is 168 Å². The fourth-order valence-electron chi connectivity index (χ4n) is 2.74. The smallest absolute Gasteiger partial charge is 0.370 e. The number of anilines is 1. The van der Waals surface area contributed by atoms with E-state index in [1.807, 2.05) is 6.07 Å². The zero-order valence-electron chi connectivity index (χ0n) is 15.4. The molecule has 0 bridgehead atoms.